The van der Waals surface area contributed by atoms with E-state index in [0.717, 1.165) is 5.56 Å². The number of esters is 1. The molecule has 1 amide bonds. The maximum atomic E-state index is 12.6. The lowest BCUT2D eigenvalue weighted by Crippen LogP contribution is -2.48. The fraction of sp³-hybridized carbons (Fsp3) is 0.167. The Balaban J connectivity index is 1.85. The highest BCUT2D eigenvalue weighted by Gasteiger charge is 2.42. The molecule has 1 N–H and O–H groups in total. The summed E-state index contributed by atoms with van der Waals surface area (Å²) in [6, 6.07) is 15.7. The second-order valence-corrected chi connectivity index (χ2v) is 5.60. The van der Waals surface area contributed by atoms with E-state index in [0.29, 0.717) is 23.2 Å². The molecule has 5 nitrogen and oxygen atoms in total. The van der Waals surface area contributed by atoms with E-state index in [9.17, 15) is 9.59 Å². The predicted octanol–water partition coefficient (Wildman–Crippen LogP) is 2.67. The van der Waals surface area contributed by atoms with E-state index in [-0.39, 0.29) is 0 Å². The third kappa shape index (κ3) is 2.79. The number of nitrogens with one attached hydrogen (secondary N) is 1. The third-order valence-electron chi connectivity index (χ3n) is 3.81. The number of ether oxygens (including phenoxy) is 1. The molecule has 2 aromatic rings. The average molecular weight is 306 g/mol. The van der Waals surface area contributed by atoms with Crippen LogP contribution in [0, 0.1) is 11.3 Å². The molecule has 0 fully saturated rings. The third-order valence-corrected chi connectivity index (χ3v) is 3.81. The Labute approximate surface area is 133 Å². The highest BCUT2D eigenvalue weighted by molar-refractivity contribution is 6.02. The minimum absolute atomic E-state index is 0.304. The van der Waals surface area contributed by atoms with Crippen molar-refractivity contribution in [2.45, 2.75) is 18.9 Å². The van der Waals surface area contributed by atoms with Gasteiger partial charge in [-0.05, 0) is 36.8 Å². The van der Waals surface area contributed by atoms with Crippen molar-refractivity contribution in [3.8, 4) is 6.07 Å². The zero-order chi connectivity index (χ0) is 16.4. The molecule has 1 heterocycles. The predicted molar refractivity (Wildman–Crippen MR) is 83.8 cm³/mol. The van der Waals surface area contributed by atoms with Crippen LogP contribution in [0.2, 0.25) is 0 Å². The topological polar surface area (TPSA) is 79.2 Å². The zero-order valence-corrected chi connectivity index (χ0v) is 12.5. The van der Waals surface area contributed by atoms with Gasteiger partial charge in [0, 0.05) is 12.1 Å². The monoisotopic (exact) mass is 306 g/mol. The highest BCUT2D eigenvalue weighted by Crippen LogP contribution is 2.29. The molecular weight excluding hydrogens is 292 g/mol. The largest absolute Gasteiger partial charge is 0.445 e. The summed E-state index contributed by atoms with van der Waals surface area (Å²) in [4.78, 5) is 24.7. The zero-order valence-electron chi connectivity index (χ0n) is 12.5. The fourth-order valence-corrected chi connectivity index (χ4v) is 2.59. The van der Waals surface area contributed by atoms with Crippen molar-refractivity contribution < 1.29 is 14.3 Å². The van der Waals surface area contributed by atoms with E-state index in [4.69, 9.17) is 10.00 Å². The summed E-state index contributed by atoms with van der Waals surface area (Å²) >= 11 is 0. The first-order valence-corrected chi connectivity index (χ1v) is 7.15. The fourth-order valence-electron chi connectivity index (χ4n) is 2.59. The molecule has 0 saturated heterocycles. The van der Waals surface area contributed by atoms with Crippen molar-refractivity contribution >= 4 is 17.6 Å². The summed E-state index contributed by atoms with van der Waals surface area (Å²) in [5, 5.41) is 11.6. The van der Waals surface area contributed by atoms with Crippen LogP contribution in [-0.4, -0.2) is 17.5 Å². The maximum Gasteiger partial charge on any atom is 0.339 e. The summed E-state index contributed by atoms with van der Waals surface area (Å²) in [5.41, 5.74) is 0.925. The Morgan fingerprint density at radius 2 is 2.04 bits per heavy atom. The van der Waals surface area contributed by atoms with Crippen LogP contribution in [0.15, 0.2) is 48.5 Å². The van der Waals surface area contributed by atoms with Crippen LogP contribution >= 0.6 is 0 Å². The molecule has 1 aliphatic rings. The first-order valence-electron chi connectivity index (χ1n) is 7.15. The van der Waals surface area contributed by atoms with Crippen molar-refractivity contribution in [1.29, 1.82) is 5.26 Å². The number of rotatable bonds is 2. The van der Waals surface area contributed by atoms with Gasteiger partial charge in [0.05, 0.1) is 17.2 Å². The van der Waals surface area contributed by atoms with Gasteiger partial charge in [-0.2, -0.15) is 5.26 Å². The molecule has 5 heteroatoms. The Bertz CT molecular complexity index is 838. The molecule has 1 aliphatic heterocycles. The highest BCUT2D eigenvalue weighted by atomic mass is 16.6. The molecular formula is C18H14N2O3. The Hall–Kier alpha value is -3.13. The molecule has 0 bridgehead atoms. The SMILES string of the molecule is C[C@]1(C(=O)Nc2cccc(C#N)c2)Cc2ccccc2C(=O)O1. The van der Waals surface area contributed by atoms with E-state index in [1.54, 1.807) is 43.3 Å². The molecule has 0 spiro atoms. The summed E-state index contributed by atoms with van der Waals surface area (Å²) in [6.07, 6.45) is 0.304. The number of carbonyl (C=O) groups is 2. The number of cyclic esters (lactones) is 1. The van der Waals surface area contributed by atoms with Crippen LogP contribution in [0.25, 0.3) is 0 Å². The van der Waals surface area contributed by atoms with Gasteiger partial charge in [0.1, 0.15) is 0 Å². The average Bonchev–Trinajstić information content (AvgIpc) is 2.55. The van der Waals surface area contributed by atoms with Crippen molar-refractivity contribution in [3.05, 3.63) is 65.2 Å². The molecule has 0 aromatic heterocycles. The lowest BCUT2D eigenvalue weighted by atomic mass is 9.89. The van der Waals surface area contributed by atoms with Crippen molar-refractivity contribution in [2.24, 2.45) is 0 Å². The number of benzene rings is 2. The standard InChI is InChI=1S/C18H14N2O3/c1-18(10-13-6-2-3-8-15(13)16(21)23-18)17(22)20-14-7-4-5-12(9-14)11-19/h2-9H,10H2,1H3,(H,20,22)/t18-/m1/s1. The molecule has 0 aliphatic carbocycles. The number of nitriles is 1. The smallest absolute Gasteiger partial charge is 0.339 e. The molecule has 23 heavy (non-hydrogen) atoms. The number of anilines is 1. The van der Waals surface area contributed by atoms with Crippen molar-refractivity contribution in [3.63, 3.8) is 0 Å². The van der Waals surface area contributed by atoms with Crippen molar-refractivity contribution in [1.82, 2.24) is 0 Å². The molecule has 0 radical (unpaired) electrons. The van der Waals surface area contributed by atoms with Gasteiger partial charge in [-0.1, -0.05) is 24.3 Å². The minimum atomic E-state index is -1.28. The van der Waals surface area contributed by atoms with E-state index >= 15 is 0 Å². The second kappa shape index (κ2) is 5.58. The van der Waals surface area contributed by atoms with Gasteiger partial charge in [-0.25, -0.2) is 4.79 Å². The van der Waals surface area contributed by atoms with E-state index < -0.39 is 17.5 Å². The van der Waals surface area contributed by atoms with Crippen LogP contribution in [0.1, 0.15) is 28.4 Å². The molecule has 0 saturated carbocycles. The molecule has 0 unspecified atom stereocenters. The number of carbonyl (C=O) groups excluding carboxylic acids is 2. The first kappa shape index (κ1) is 14.8. The van der Waals surface area contributed by atoms with Crippen LogP contribution < -0.4 is 5.32 Å². The summed E-state index contributed by atoms with van der Waals surface area (Å²) in [7, 11) is 0. The molecule has 1 atom stereocenters. The van der Waals surface area contributed by atoms with Gasteiger partial charge in [-0.15, -0.1) is 0 Å². The summed E-state index contributed by atoms with van der Waals surface area (Å²) in [6.45, 7) is 1.59. The Morgan fingerprint density at radius 1 is 1.26 bits per heavy atom. The summed E-state index contributed by atoms with van der Waals surface area (Å²) < 4.78 is 5.37. The van der Waals surface area contributed by atoms with E-state index in [1.807, 2.05) is 18.2 Å². The number of nitrogens with zero attached hydrogens (tertiary/aromatic N) is 1. The number of hydrogen-bond donors (Lipinski definition) is 1. The van der Waals surface area contributed by atoms with E-state index in [2.05, 4.69) is 5.32 Å². The van der Waals surface area contributed by atoms with E-state index in [1.165, 1.54) is 0 Å². The summed E-state index contributed by atoms with van der Waals surface area (Å²) in [5.74, 6) is -0.925. The van der Waals surface area contributed by atoms with Gasteiger partial charge < -0.3 is 10.1 Å². The molecule has 2 aromatic carbocycles. The minimum Gasteiger partial charge on any atom is -0.445 e. The molecule has 114 valence electrons. The van der Waals surface area contributed by atoms with Gasteiger partial charge >= 0.3 is 5.97 Å². The normalized spacial score (nSPS) is 19.2. The number of hydrogen-bond acceptors (Lipinski definition) is 4. The molecule has 3 rings (SSSR count). The first-order chi connectivity index (χ1) is 11.0. The van der Waals surface area contributed by atoms with Crippen LogP contribution in [0.5, 0.6) is 0 Å². The second-order valence-electron chi connectivity index (χ2n) is 5.60. The Morgan fingerprint density at radius 3 is 2.83 bits per heavy atom. The number of fused-ring (bicyclic) bond motifs is 1. The van der Waals surface area contributed by atoms with Gasteiger partial charge in [0.15, 0.2) is 5.60 Å². The van der Waals surface area contributed by atoms with Gasteiger partial charge in [0.2, 0.25) is 0 Å². The van der Waals surface area contributed by atoms with Gasteiger partial charge in [0.25, 0.3) is 5.91 Å². The number of amides is 1. The van der Waals surface area contributed by atoms with Crippen LogP contribution in [-0.2, 0) is 16.0 Å². The van der Waals surface area contributed by atoms with Crippen LogP contribution in [0.3, 0.4) is 0 Å². The Kier molecular flexibility index (Phi) is 3.59. The quantitative estimate of drug-likeness (QED) is 0.865. The van der Waals surface area contributed by atoms with Crippen molar-refractivity contribution in [2.75, 3.05) is 5.32 Å². The lowest BCUT2D eigenvalue weighted by molar-refractivity contribution is -0.134. The lowest BCUT2D eigenvalue weighted by Gasteiger charge is -2.33. The van der Waals surface area contributed by atoms with Crippen LogP contribution in [0.4, 0.5) is 5.69 Å². The van der Waals surface area contributed by atoms with Gasteiger partial charge in [-0.3, -0.25) is 4.79 Å². The maximum absolute atomic E-state index is 12.6.